The number of amides is 1. The predicted molar refractivity (Wildman–Crippen MR) is 52.2 cm³/mol. The van der Waals surface area contributed by atoms with E-state index >= 15 is 0 Å². The molecule has 0 saturated heterocycles. The standard InChI is InChI=1S/C9H20N2O2/c1-3-8(4-5-12)11-9(13)6-7(2)10/h7-8,12H,3-6,10H2,1-2H3,(H,11,13). The molecule has 0 aromatic rings. The first-order valence-corrected chi connectivity index (χ1v) is 4.76. The predicted octanol–water partition coefficient (Wildman–Crippen LogP) is 0.000900. The molecule has 4 nitrogen and oxygen atoms in total. The van der Waals surface area contributed by atoms with Crippen LogP contribution in [0, 0.1) is 0 Å². The van der Waals surface area contributed by atoms with Crippen molar-refractivity contribution in [3.8, 4) is 0 Å². The van der Waals surface area contributed by atoms with Gasteiger partial charge in [0.05, 0.1) is 0 Å². The quantitative estimate of drug-likeness (QED) is 0.549. The van der Waals surface area contributed by atoms with Crippen LogP contribution in [0.4, 0.5) is 0 Å². The van der Waals surface area contributed by atoms with Crippen LogP contribution in [0.15, 0.2) is 0 Å². The Hall–Kier alpha value is -0.610. The number of aliphatic hydroxyl groups is 1. The number of hydrogen-bond donors (Lipinski definition) is 3. The number of nitrogens with one attached hydrogen (secondary N) is 1. The molecule has 0 heterocycles. The van der Waals surface area contributed by atoms with Crippen molar-refractivity contribution in [3.05, 3.63) is 0 Å². The maximum atomic E-state index is 11.2. The monoisotopic (exact) mass is 188 g/mol. The molecule has 0 aliphatic heterocycles. The van der Waals surface area contributed by atoms with Gasteiger partial charge in [0, 0.05) is 25.1 Å². The number of carbonyl (C=O) groups is 1. The van der Waals surface area contributed by atoms with Crippen LogP contribution in [0.5, 0.6) is 0 Å². The highest BCUT2D eigenvalue weighted by Gasteiger charge is 2.10. The van der Waals surface area contributed by atoms with Gasteiger partial charge in [-0.3, -0.25) is 4.79 Å². The molecule has 0 aromatic heterocycles. The summed E-state index contributed by atoms with van der Waals surface area (Å²) in [5.74, 6) is -0.0321. The van der Waals surface area contributed by atoms with Crippen molar-refractivity contribution in [1.29, 1.82) is 0 Å². The van der Waals surface area contributed by atoms with Crippen molar-refractivity contribution in [2.75, 3.05) is 6.61 Å². The van der Waals surface area contributed by atoms with Crippen molar-refractivity contribution in [2.45, 2.75) is 45.2 Å². The summed E-state index contributed by atoms with van der Waals surface area (Å²) in [5.41, 5.74) is 5.47. The van der Waals surface area contributed by atoms with E-state index in [1.165, 1.54) is 0 Å². The lowest BCUT2D eigenvalue weighted by Crippen LogP contribution is -2.37. The van der Waals surface area contributed by atoms with Gasteiger partial charge in [-0.1, -0.05) is 6.92 Å². The van der Waals surface area contributed by atoms with Crippen molar-refractivity contribution in [1.82, 2.24) is 5.32 Å². The first-order chi connectivity index (χ1) is 6.10. The fourth-order valence-corrected chi connectivity index (χ4v) is 1.11. The molecule has 4 heteroatoms. The van der Waals surface area contributed by atoms with Crippen LogP contribution in [-0.2, 0) is 4.79 Å². The average molecular weight is 188 g/mol. The molecule has 4 N–H and O–H groups in total. The van der Waals surface area contributed by atoms with E-state index in [9.17, 15) is 4.79 Å². The van der Waals surface area contributed by atoms with Crippen molar-refractivity contribution < 1.29 is 9.90 Å². The largest absolute Gasteiger partial charge is 0.396 e. The number of rotatable bonds is 6. The highest BCUT2D eigenvalue weighted by molar-refractivity contribution is 5.76. The first kappa shape index (κ1) is 12.4. The lowest BCUT2D eigenvalue weighted by Gasteiger charge is -2.16. The molecule has 0 aliphatic carbocycles. The molecule has 0 fully saturated rings. The molecule has 0 aliphatic rings. The molecule has 0 bridgehead atoms. The lowest BCUT2D eigenvalue weighted by atomic mass is 10.1. The van der Waals surface area contributed by atoms with Crippen LogP contribution in [0.1, 0.15) is 33.1 Å². The highest BCUT2D eigenvalue weighted by atomic mass is 16.3. The lowest BCUT2D eigenvalue weighted by molar-refractivity contribution is -0.122. The summed E-state index contributed by atoms with van der Waals surface area (Å²) in [6.07, 6.45) is 1.80. The summed E-state index contributed by atoms with van der Waals surface area (Å²) < 4.78 is 0. The average Bonchev–Trinajstić information content (AvgIpc) is 2.02. The third-order valence-corrected chi connectivity index (χ3v) is 1.84. The molecule has 2 unspecified atom stereocenters. The van der Waals surface area contributed by atoms with Gasteiger partial charge in [-0.15, -0.1) is 0 Å². The third-order valence-electron chi connectivity index (χ3n) is 1.84. The van der Waals surface area contributed by atoms with Crippen LogP contribution in [-0.4, -0.2) is 29.7 Å². The van der Waals surface area contributed by atoms with Gasteiger partial charge in [-0.05, 0) is 19.8 Å². The van der Waals surface area contributed by atoms with E-state index in [4.69, 9.17) is 10.8 Å². The molecule has 0 spiro atoms. The van der Waals surface area contributed by atoms with Gasteiger partial charge < -0.3 is 16.2 Å². The van der Waals surface area contributed by atoms with Crippen molar-refractivity contribution >= 4 is 5.91 Å². The minimum absolute atomic E-state index is 0.0321. The van der Waals surface area contributed by atoms with E-state index in [0.29, 0.717) is 12.8 Å². The normalized spacial score (nSPS) is 15.1. The van der Waals surface area contributed by atoms with Crippen LogP contribution >= 0.6 is 0 Å². The molecule has 1 amide bonds. The highest BCUT2D eigenvalue weighted by Crippen LogP contribution is 1.97. The molecular formula is C9H20N2O2. The Bertz CT molecular complexity index is 149. The zero-order valence-corrected chi connectivity index (χ0v) is 8.42. The Kier molecular flexibility index (Phi) is 6.54. The molecule has 13 heavy (non-hydrogen) atoms. The minimum Gasteiger partial charge on any atom is -0.396 e. The molecule has 0 saturated carbocycles. The summed E-state index contributed by atoms with van der Waals surface area (Å²) in [5, 5.41) is 11.5. The second-order valence-electron chi connectivity index (χ2n) is 3.37. The zero-order chi connectivity index (χ0) is 10.3. The second-order valence-corrected chi connectivity index (χ2v) is 3.37. The SMILES string of the molecule is CCC(CCO)NC(=O)CC(C)N. The van der Waals surface area contributed by atoms with Gasteiger partial charge in [0.15, 0.2) is 0 Å². The summed E-state index contributed by atoms with van der Waals surface area (Å²) in [6.45, 7) is 3.88. The van der Waals surface area contributed by atoms with Crippen LogP contribution in [0.25, 0.3) is 0 Å². The van der Waals surface area contributed by atoms with E-state index in [1.54, 1.807) is 6.92 Å². The number of nitrogens with two attached hydrogens (primary N) is 1. The van der Waals surface area contributed by atoms with Gasteiger partial charge in [0.2, 0.25) is 5.91 Å². The smallest absolute Gasteiger partial charge is 0.221 e. The van der Waals surface area contributed by atoms with Gasteiger partial charge >= 0.3 is 0 Å². The number of aliphatic hydroxyl groups excluding tert-OH is 1. The maximum Gasteiger partial charge on any atom is 0.221 e. The number of hydrogen-bond acceptors (Lipinski definition) is 3. The molecule has 0 aromatic carbocycles. The van der Waals surface area contributed by atoms with E-state index in [2.05, 4.69) is 5.32 Å². The number of carbonyl (C=O) groups excluding carboxylic acids is 1. The third kappa shape index (κ3) is 6.54. The van der Waals surface area contributed by atoms with E-state index in [1.807, 2.05) is 6.92 Å². The first-order valence-electron chi connectivity index (χ1n) is 4.76. The molecule has 0 rings (SSSR count). The Morgan fingerprint density at radius 3 is 2.62 bits per heavy atom. The maximum absolute atomic E-state index is 11.2. The Balaban J connectivity index is 3.73. The van der Waals surface area contributed by atoms with Gasteiger partial charge in [-0.25, -0.2) is 0 Å². The molecule has 0 radical (unpaired) electrons. The van der Waals surface area contributed by atoms with Crippen LogP contribution < -0.4 is 11.1 Å². The van der Waals surface area contributed by atoms with E-state index in [0.717, 1.165) is 6.42 Å². The summed E-state index contributed by atoms with van der Waals surface area (Å²) in [6, 6.07) is -0.0251. The zero-order valence-electron chi connectivity index (χ0n) is 8.42. The molecular weight excluding hydrogens is 168 g/mol. The Labute approximate surface area is 79.5 Å². The van der Waals surface area contributed by atoms with Crippen LogP contribution in [0.2, 0.25) is 0 Å². The van der Waals surface area contributed by atoms with Crippen molar-refractivity contribution in [2.24, 2.45) is 5.73 Å². The van der Waals surface area contributed by atoms with E-state index in [-0.39, 0.29) is 24.6 Å². The van der Waals surface area contributed by atoms with Crippen LogP contribution in [0.3, 0.4) is 0 Å². The topological polar surface area (TPSA) is 75.3 Å². The second kappa shape index (κ2) is 6.86. The summed E-state index contributed by atoms with van der Waals surface area (Å²) >= 11 is 0. The van der Waals surface area contributed by atoms with Gasteiger partial charge in [0.1, 0.15) is 0 Å². The van der Waals surface area contributed by atoms with Gasteiger partial charge in [-0.2, -0.15) is 0 Å². The molecule has 78 valence electrons. The fourth-order valence-electron chi connectivity index (χ4n) is 1.11. The minimum atomic E-state index is -0.105. The van der Waals surface area contributed by atoms with Gasteiger partial charge in [0.25, 0.3) is 0 Å². The Morgan fingerprint density at radius 1 is 1.62 bits per heavy atom. The Morgan fingerprint density at radius 2 is 2.23 bits per heavy atom. The fraction of sp³-hybridized carbons (Fsp3) is 0.889. The molecule has 2 atom stereocenters. The van der Waals surface area contributed by atoms with Crippen molar-refractivity contribution in [3.63, 3.8) is 0 Å². The summed E-state index contributed by atoms with van der Waals surface area (Å²) in [7, 11) is 0. The summed E-state index contributed by atoms with van der Waals surface area (Å²) in [4.78, 5) is 11.2. The van der Waals surface area contributed by atoms with E-state index < -0.39 is 0 Å².